The topological polar surface area (TPSA) is 143 Å². The minimum absolute atomic E-state index is 0.0383. The maximum Gasteiger partial charge on any atom is 0.326 e. The van der Waals surface area contributed by atoms with Crippen molar-refractivity contribution in [3.63, 3.8) is 0 Å². The molecule has 0 radical (unpaired) electrons. The van der Waals surface area contributed by atoms with Crippen LogP contribution in [0.2, 0.25) is 0 Å². The standard InChI is InChI=1S/C19H35N3O7/c1-3-5-10-20-16(23)7-6-11-21-17(24)9-8-15(19(26)27)22-18(25)14-29-13-12-28-4-2/h15H,3-14H2,1-2H3,(H,20,23)(H,21,24)(H,22,25)(H,26,27). The molecule has 0 heterocycles. The van der Waals surface area contributed by atoms with Crippen molar-refractivity contribution in [2.75, 3.05) is 39.5 Å². The van der Waals surface area contributed by atoms with Gasteiger partial charge in [-0.15, -0.1) is 0 Å². The Morgan fingerprint density at radius 3 is 2.10 bits per heavy atom. The van der Waals surface area contributed by atoms with Crippen molar-refractivity contribution in [1.82, 2.24) is 16.0 Å². The summed E-state index contributed by atoms with van der Waals surface area (Å²) in [6.07, 6.45) is 2.68. The van der Waals surface area contributed by atoms with Crippen LogP contribution >= 0.6 is 0 Å². The lowest BCUT2D eigenvalue weighted by Crippen LogP contribution is -2.43. The van der Waals surface area contributed by atoms with Crippen LogP contribution < -0.4 is 16.0 Å². The molecule has 0 aromatic carbocycles. The van der Waals surface area contributed by atoms with Gasteiger partial charge < -0.3 is 30.5 Å². The van der Waals surface area contributed by atoms with E-state index in [0.29, 0.717) is 39.1 Å². The van der Waals surface area contributed by atoms with E-state index in [4.69, 9.17) is 9.47 Å². The Balaban J connectivity index is 3.95. The molecule has 10 nitrogen and oxygen atoms in total. The van der Waals surface area contributed by atoms with Crippen LogP contribution in [-0.4, -0.2) is 74.4 Å². The van der Waals surface area contributed by atoms with Crippen molar-refractivity contribution in [1.29, 1.82) is 0 Å². The van der Waals surface area contributed by atoms with E-state index in [1.807, 2.05) is 13.8 Å². The lowest BCUT2D eigenvalue weighted by molar-refractivity contribution is -0.143. The number of carbonyl (C=O) groups is 4. The molecule has 0 fully saturated rings. The molecule has 3 amide bonds. The monoisotopic (exact) mass is 417 g/mol. The van der Waals surface area contributed by atoms with Crippen molar-refractivity contribution < 1.29 is 33.8 Å². The maximum absolute atomic E-state index is 11.8. The van der Waals surface area contributed by atoms with Crippen molar-refractivity contribution in [3.8, 4) is 0 Å². The summed E-state index contributed by atoms with van der Waals surface area (Å²) < 4.78 is 10.1. The third-order valence-corrected chi connectivity index (χ3v) is 3.86. The van der Waals surface area contributed by atoms with Crippen LogP contribution in [0.5, 0.6) is 0 Å². The lowest BCUT2D eigenvalue weighted by atomic mass is 10.1. The molecule has 168 valence electrons. The van der Waals surface area contributed by atoms with Gasteiger partial charge in [-0.25, -0.2) is 4.79 Å². The molecule has 1 atom stereocenters. The van der Waals surface area contributed by atoms with E-state index in [1.54, 1.807) is 0 Å². The van der Waals surface area contributed by atoms with Gasteiger partial charge in [0.1, 0.15) is 12.6 Å². The Bertz CT molecular complexity index is 500. The van der Waals surface area contributed by atoms with Gasteiger partial charge >= 0.3 is 5.97 Å². The highest BCUT2D eigenvalue weighted by molar-refractivity contribution is 5.85. The molecule has 0 aromatic heterocycles. The van der Waals surface area contributed by atoms with Crippen LogP contribution in [-0.2, 0) is 28.7 Å². The highest BCUT2D eigenvalue weighted by Crippen LogP contribution is 1.99. The first-order valence-corrected chi connectivity index (χ1v) is 10.1. The fourth-order valence-corrected chi connectivity index (χ4v) is 2.25. The van der Waals surface area contributed by atoms with Gasteiger partial charge in [-0.3, -0.25) is 14.4 Å². The summed E-state index contributed by atoms with van der Waals surface area (Å²) >= 11 is 0. The van der Waals surface area contributed by atoms with Gasteiger partial charge in [-0.2, -0.15) is 0 Å². The molecule has 0 bridgehead atoms. The summed E-state index contributed by atoms with van der Waals surface area (Å²) in [4.78, 5) is 46.3. The second kappa shape index (κ2) is 17.9. The molecule has 0 aromatic rings. The Labute approximate surface area is 172 Å². The highest BCUT2D eigenvalue weighted by Gasteiger charge is 2.21. The number of hydrogen-bond acceptors (Lipinski definition) is 6. The molecule has 0 saturated heterocycles. The van der Waals surface area contributed by atoms with Gasteiger partial charge in [0.2, 0.25) is 17.7 Å². The van der Waals surface area contributed by atoms with Crippen molar-refractivity contribution in [2.45, 2.75) is 58.4 Å². The smallest absolute Gasteiger partial charge is 0.326 e. The number of ether oxygens (including phenoxy) is 2. The van der Waals surface area contributed by atoms with Crippen LogP contribution in [0.3, 0.4) is 0 Å². The average Bonchev–Trinajstić information content (AvgIpc) is 2.68. The summed E-state index contributed by atoms with van der Waals surface area (Å²) in [6, 6.07) is -1.17. The second-order valence-corrected chi connectivity index (χ2v) is 6.40. The SMILES string of the molecule is CCCCNC(=O)CCCNC(=O)CCC(NC(=O)COCCOCC)C(=O)O. The minimum atomic E-state index is -1.22. The van der Waals surface area contributed by atoms with Crippen molar-refractivity contribution in [3.05, 3.63) is 0 Å². The van der Waals surface area contributed by atoms with Crippen LogP contribution in [0.15, 0.2) is 0 Å². The predicted molar refractivity (Wildman–Crippen MR) is 106 cm³/mol. The van der Waals surface area contributed by atoms with E-state index in [1.165, 1.54) is 0 Å². The number of hydrogen-bond donors (Lipinski definition) is 4. The molecular formula is C19H35N3O7. The zero-order valence-electron chi connectivity index (χ0n) is 17.5. The fraction of sp³-hybridized carbons (Fsp3) is 0.789. The van der Waals surface area contributed by atoms with Gasteiger partial charge in [0, 0.05) is 32.5 Å². The molecule has 10 heteroatoms. The van der Waals surface area contributed by atoms with E-state index in [2.05, 4.69) is 16.0 Å². The van der Waals surface area contributed by atoms with Crippen LogP contribution in [0.1, 0.15) is 52.4 Å². The molecule has 0 spiro atoms. The van der Waals surface area contributed by atoms with Crippen molar-refractivity contribution in [2.24, 2.45) is 0 Å². The third kappa shape index (κ3) is 16.5. The highest BCUT2D eigenvalue weighted by atomic mass is 16.5. The quantitative estimate of drug-likeness (QED) is 0.233. The first-order chi connectivity index (χ1) is 13.9. The van der Waals surface area contributed by atoms with Gasteiger partial charge in [-0.1, -0.05) is 13.3 Å². The molecule has 0 aliphatic carbocycles. The molecule has 29 heavy (non-hydrogen) atoms. The van der Waals surface area contributed by atoms with Gasteiger partial charge in [0.15, 0.2) is 0 Å². The van der Waals surface area contributed by atoms with Crippen LogP contribution in [0.25, 0.3) is 0 Å². The summed E-state index contributed by atoms with van der Waals surface area (Å²) in [7, 11) is 0. The second-order valence-electron chi connectivity index (χ2n) is 6.40. The first-order valence-electron chi connectivity index (χ1n) is 10.1. The number of amides is 3. The molecule has 0 rings (SSSR count). The summed E-state index contributed by atoms with van der Waals surface area (Å²) in [5, 5.41) is 17.0. The zero-order chi connectivity index (χ0) is 21.9. The maximum atomic E-state index is 11.8. The van der Waals surface area contributed by atoms with E-state index in [9.17, 15) is 24.3 Å². The number of rotatable bonds is 18. The average molecular weight is 418 g/mol. The van der Waals surface area contributed by atoms with E-state index >= 15 is 0 Å². The number of nitrogens with one attached hydrogen (secondary N) is 3. The van der Waals surface area contributed by atoms with E-state index in [-0.39, 0.29) is 37.9 Å². The van der Waals surface area contributed by atoms with Crippen LogP contribution in [0.4, 0.5) is 0 Å². The van der Waals surface area contributed by atoms with Crippen LogP contribution in [0, 0.1) is 0 Å². The zero-order valence-corrected chi connectivity index (χ0v) is 17.5. The third-order valence-electron chi connectivity index (χ3n) is 3.86. The fourth-order valence-electron chi connectivity index (χ4n) is 2.25. The first kappa shape index (κ1) is 26.8. The molecule has 1 unspecified atom stereocenters. The molecule has 0 aliphatic rings. The molecular weight excluding hydrogens is 382 g/mol. The summed E-state index contributed by atoms with van der Waals surface area (Å²) in [5.74, 6) is -2.16. The Morgan fingerprint density at radius 1 is 0.862 bits per heavy atom. The Morgan fingerprint density at radius 2 is 1.48 bits per heavy atom. The van der Waals surface area contributed by atoms with E-state index in [0.717, 1.165) is 12.8 Å². The Kier molecular flexibility index (Phi) is 16.5. The minimum Gasteiger partial charge on any atom is -0.480 e. The molecule has 4 N–H and O–H groups in total. The summed E-state index contributed by atoms with van der Waals surface area (Å²) in [5.41, 5.74) is 0. The number of aliphatic carboxylic acids is 1. The molecule has 0 aliphatic heterocycles. The van der Waals surface area contributed by atoms with Gasteiger partial charge in [-0.05, 0) is 26.2 Å². The number of carboxylic acid groups (broad SMARTS) is 1. The number of carboxylic acids is 1. The van der Waals surface area contributed by atoms with Crippen molar-refractivity contribution >= 4 is 23.7 Å². The normalized spacial score (nSPS) is 11.5. The molecule has 0 saturated carbocycles. The number of unbranched alkanes of at least 4 members (excludes halogenated alkanes) is 1. The Hall–Kier alpha value is -2.20. The van der Waals surface area contributed by atoms with Gasteiger partial charge in [0.05, 0.1) is 13.2 Å². The predicted octanol–water partition coefficient (Wildman–Crippen LogP) is 0.202. The van der Waals surface area contributed by atoms with E-state index < -0.39 is 17.9 Å². The van der Waals surface area contributed by atoms with Gasteiger partial charge in [0.25, 0.3) is 0 Å². The largest absolute Gasteiger partial charge is 0.480 e. The number of carbonyl (C=O) groups excluding carboxylic acids is 3. The summed E-state index contributed by atoms with van der Waals surface area (Å²) in [6.45, 7) is 5.73. The lowest BCUT2D eigenvalue weighted by Gasteiger charge is -2.14.